The monoisotopic (exact) mass is 477 g/mol. The lowest BCUT2D eigenvalue weighted by atomic mass is 10.2. The molecule has 32 heavy (non-hydrogen) atoms. The van der Waals surface area contributed by atoms with Crippen LogP contribution in [0, 0.1) is 0 Å². The lowest BCUT2D eigenvalue weighted by Gasteiger charge is -2.24. The number of nitrogens with one attached hydrogen (secondary N) is 2. The van der Waals surface area contributed by atoms with E-state index in [1.165, 1.54) is 11.8 Å². The molecule has 0 radical (unpaired) electrons. The number of thioether (sulfide) groups is 1. The second-order valence-corrected chi connectivity index (χ2v) is 8.91. The number of benzene rings is 2. The van der Waals surface area contributed by atoms with Crippen molar-refractivity contribution >= 4 is 46.6 Å². The van der Waals surface area contributed by atoms with Crippen LogP contribution in [0.1, 0.15) is 20.3 Å². The van der Waals surface area contributed by atoms with Crippen LogP contribution in [-0.4, -0.2) is 55.3 Å². The van der Waals surface area contributed by atoms with Gasteiger partial charge in [-0.15, -0.1) is 11.8 Å². The number of ether oxygens (including phenoxy) is 2. The number of rotatable bonds is 10. The Hall–Kier alpha value is -2.42. The molecule has 0 spiro atoms. The van der Waals surface area contributed by atoms with Gasteiger partial charge >= 0.3 is 0 Å². The van der Waals surface area contributed by atoms with Gasteiger partial charge in [0, 0.05) is 34.6 Å². The van der Waals surface area contributed by atoms with Crippen LogP contribution in [0.15, 0.2) is 41.3 Å². The number of carbonyl (C=O) groups excluding carboxylic acids is 2. The van der Waals surface area contributed by atoms with Crippen LogP contribution in [0.4, 0.5) is 11.4 Å². The van der Waals surface area contributed by atoms with Gasteiger partial charge in [0.2, 0.25) is 11.8 Å². The summed E-state index contributed by atoms with van der Waals surface area (Å²) in [5.41, 5.74) is 1.26. The van der Waals surface area contributed by atoms with Crippen molar-refractivity contribution in [2.75, 3.05) is 44.0 Å². The second kappa shape index (κ2) is 11.4. The third-order valence-electron chi connectivity index (χ3n) is 5.14. The maximum Gasteiger partial charge on any atom is 0.238 e. The fraction of sp³-hybridized carbons (Fsp3) is 0.391. The minimum Gasteiger partial charge on any atom is -0.493 e. The Morgan fingerprint density at radius 3 is 2.69 bits per heavy atom. The van der Waals surface area contributed by atoms with Crippen LogP contribution in [0.3, 0.4) is 0 Å². The lowest BCUT2D eigenvalue weighted by molar-refractivity contribution is -0.120. The van der Waals surface area contributed by atoms with Gasteiger partial charge in [-0.25, -0.2) is 0 Å². The fourth-order valence-corrected chi connectivity index (χ4v) is 4.59. The molecule has 0 saturated heterocycles. The van der Waals surface area contributed by atoms with Crippen molar-refractivity contribution in [1.82, 2.24) is 4.90 Å². The molecular formula is C23H28ClN3O4S. The van der Waals surface area contributed by atoms with Crippen LogP contribution in [-0.2, 0) is 9.59 Å². The van der Waals surface area contributed by atoms with Gasteiger partial charge in [0.1, 0.15) is 6.61 Å². The molecule has 9 heteroatoms. The van der Waals surface area contributed by atoms with E-state index in [1.807, 2.05) is 6.07 Å². The average Bonchev–Trinajstić information content (AvgIpc) is 2.77. The largest absolute Gasteiger partial charge is 0.493 e. The zero-order chi connectivity index (χ0) is 23.1. The lowest BCUT2D eigenvalue weighted by Crippen LogP contribution is -2.32. The zero-order valence-electron chi connectivity index (χ0n) is 18.4. The highest BCUT2D eigenvalue weighted by Crippen LogP contribution is 2.38. The summed E-state index contributed by atoms with van der Waals surface area (Å²) in [6.07, 6.45) is 0.0444. The minimum atomic E-state index is -0.522. The van der Waals surface area contributed by atoms with Gasteiger partial charge in [0.15, 0.2) is 11.5 Å². The Morgan fingerprint density at radius 2 is 1.97 bits per heavy atom. The van der Waals surface area contributed by atoms with Crippen molar-refractivity contribution in [2.24, 2.45) is 0 Å². The molecule has 172 valence electrons. The maximum absolute atomic E-state index is 12.6. The third kappa shape index (κ3) is 6.31. The van der Waals surface area contributed by atoms with E-state index in [-0.39, 0.29) is 18.2 Å². The van der Waals surface area contributed by atoms with Gasteiger partial charge in [-0.2, -0.15) is 0 Å². The quantitative estimate of drug-likeness (QED) is 0.524. The van der Waals surface area contributed by atoms with Crippen LogP contribution < -0.4 is 20.1 Å². The van der Waals surface area contributed by atoms with Crippen molar-refractivity contribution in [3.8, 4) is 11.5 Å². The standard InChI is InChI=1S/C23H28ClN3O4S/c1-4-27(5-2)10-11-31-19-13-16(7-8-18(19)30-3)25-22(28)14-21-23(29)26-17-12-15(24)6-9-20(17)32-21/h6-9,12-13,21H,4-5,10-11,14H2,1-3H3,(H,25,28)(H,26,29). The molecule has 3 rings (SSSR count). The Labute approximate surface area is 197 Å². The average molecular weight is 478 g/mol. The Balaban J connectivity index is 1.60. The Bertz CT molecular complexity index is 968. The van der Waals surface area contributed by atoms with E-state index in [1.54, 1.807) is 37.4 Å². The van der Waals surface area contributed by atoms with Crippen LogP contribution in [0.25, 0.3) is 0 Å². The first-order valence-corrected chi connectivity index (χ1v) is 11.8. The summed E-state index contributed by atoms with van der Waals surface area (Å²) in [5, 5.41) is 5.71. The van der Waals surface area contributed by atoms with Crippen molar-refractivity contribution < 1.29 is 19.1 Å². The number of carbonyl (C=O) groups is 2. The van der Waals surface area contributed by atoms with Gasteiger partial charge in [-0.1, -0.05) is 25.4 Å². The Kier molecular flexibility index (Phi) is 8.67. The summed E-state index contributed by atoms with van der Waals surface area (Å²) in [7, 11) is 1.58. The van der Waals surface area contributed by atoms with E-state index in [2.05, 4.69) is 29.4 Å². The molecule has 7 nitrogen and oxygen atoms in total. The molecule has 2 N–H and O–H groups in total. The van der Waals surface area contributed by atoms with Crippen molar-refractivity contribution in [2.45, 2.75) is 30.4 Å². The number of nitrogens with zero attached hydrogens (tertiary/aromatic N) is 1. The summed E-state index contributed by atoms with van der Waals surface area (Å²) in [6, 6.07) is 10.6. The topological polar surface area (TPSA) is 79.9 Å². The molecule has 0 fully saturated rings. The first kappa shape index (κ1) is 24.2. The predicted molar refractivity (Wildman–Crippen MR) is 129 cm³/mol. The normalized spacial score (nSPS) is 15.2. The summed E-state index contributed by atoms with van der Waals surface area (Å²) in [4.78, 5) is 28.2. The molecule has 1 aliphatic rings. The van der Waals surface area contributed by atoms with Gasteiger partial charge in [-0.05, 0) is 43.4 Å². The number of fused-ring (bicyclic) bond motifs is 1. The SMILES string of the molecule is CCN(CC)CCOc1cc(NC(=O)CC2Sc3ccc(Cl)cc3NC2=O)ccc1OC. The molecule has 2 amide bonds. The van der Waals surface area contributed by atoms with Crippen molar-refractivity contribution in [1.29, 1.82) is 0 Å². The van der Waals surface area contributed by atoms with Crippen molar-refractivity contribution in [3.63, 3.8) is 0 Å². The molecule has 1 unspecified atom stereocenters. The molecule has 1 atom stereocenters. The number of hydrogen-bond donors (Lipinski definition) is 2. The third-order valence-corrected chi connectivity index (χ3v) is 6.65. The molecule has 1 heterocycles. The molecule has 2 aromatic rings. The zero-order valence-corrected chi connectivity index (χ0v) is 20.0. The molecule has 1 aliphatic heterocycles. The van der Waals surface area contributed by atoms with E-state index in [0.29, 0.717) is 34.5 Å². The first-order valence-electron chi connectivity index (χ1n) is 10.5. The van der Waals surface area contributed by atoms with Gasteiger partial charge in [-0.3, -0.25) is 9.59 Å². The summed E-state index contributed by atoms with van der Waals surface area (Å²) < 4.78 is 11.3. The second-order valence-electron chi connectivity index (χ2n) is 7.23. The van der Waals surface area contributed by atoms with E-state index < -0.39 is 5.25 Å². The van der Waals surface area contributed by atoms with E-state index in [9.17, 15) is 9.59 Å². The molecular weight excluding hydrogens is 450 g/mol. The molecule has 0 bridgehead atoms. The van der Waals surface area contributed by atoms with Crippen LogP contribution in [0.2, 0.25) is 5.02 Å². The molecule has 0 saturated carbocycles. The van der Waals surface area contributed by atoms with Crippen LogP contribution in [0.5, 0.6) is 11.5 Å². The van der Waals surface area contributed by atoms with Crippen LogP contribution >= 0.6 is 23.4 Å². The Morgan fingerprint density at radius 1 is 1.19 bits per heavy atom. The summed E-state index contributed by atoms with van der Waals surface area (Å²) >= 11 is 7.34. The molecule has 2 aromatic carbocycles. The summed E-state index contributed by atoms with van der Waals surface area (Å²) in [5.74, 6) is 0.692. The predicted octanol–water partition coefficient (Wildman–Crippen LogP) is 4.51. The number of amides is 2. The molecule has 0 aliphatic carbocycles. The highest BCUT2D eigenvalue weighted by Gasteiger charge is 2.29. The highest BCUT2D eigenvalue weighted by atomic mass is 35.5. The highest BCUT2D eigenvalue weighted by molar-refractivity contribution is 8.01. The van der Waals surface area contributed by atoms with E-state index in [0.717, 1.165) is 24.5 Å². The molecule has 0 aromatic heterocycles. The van der Waals surface area contributed by atoms with Crippen molar-refractivity contribution in [3.05, 3.63) is 41.4 Å². The van der Waals surface area contributed by atoms with E-state index >= 15 is 0 Å². The number of likely N-dealkylation sites (N-methyl/N-ethyl adjacent to an activating group) is 1. The number of methoxy groups -OCH3 is 1. The fourth-order valence-electron chi connectivity index (χ4n) is 3.33. The first-order chi connectivity index (χ1) is 15.4. The van der Waals surface area contributed by atoms with Gasteiger partial charge in [0.05, 0.1) is 18.0 Å². The van der Waals surface area contributed by atoms with E-state index in [4.69, 9.17) is 21.1 Å². The maximum atomic E-state index is 12.6. The smallest absolute Gasteiger partial charge is 0.238 e. The van der Waals surface area contributed by atoms with Gasteiger partial charge in [0.25, 0.3) is 0 Å². The number of halogens is 1. The summed E-state index contributed by atoms with van der Waals surface area (Å²) in [6.45, 7) is 7.44. The number of anilines is 2. The van der Waals surface area contributed by atoms with Gasteiger partial charge < -0.3 is 25.0 Å². The minimum absolute atomic E-state index is 0.0444. The number of hydrogen-bond acceptors (Lipinski definition) is 6.